The number of esters is 1. The molecule has 1 N–H and O–H groups in total. The molecule has 1 saturated carbocycles. The Hall–Kier alpha value is -0.810. The Morgan fingerprint density at radius 1 is 1.33 bits per heavy atom. The summed E-state index contributed by atoms with van der Waals surface area (Å²) in [6.45, 7) is 4.32. The van der Waals surface area contributed by atoms with Crippen LogP contribution in [0, 0.1) is 5.92 Å². The van der Waals surface area contributed by atoms with Crippen LogP contribution in [-0.2, 0) is 14.1 Å². The Kier molecular flexibility index (Phi) is 7.60. The van der Waals surface area contributed by atoms with Crippen LogP contribution in [0.5, 0.6) is 5.75 Å². The summed E-state index contributed by atoms with van der Waals surface area (Å²) in [7, 11) is -3.38. The smallest absolute Gasteiger partial charge is 0.326 e. The fourth-order valence-corrected chi connectivity index (χ4v) is 5.18. The van der Waals surface area contributed by atoms with E-state index in [1.807, 2.05) is 0 Å². The van der Waals surface area contributed by atoms with Gasteiger partial charge in [-0.05, 0) is 57.4 Å². The first-order valence-corrected chi connectivity index (χ1v) is 11.7. The van der Waals surface area contributed by atoms with Crippen LogP contribution >= 0.6 is 30.7 Å². The molecule has 0 bridgehead atoms. The predicted octanol–water partition coefficient (Wildman–Crippen LogP) is 5.20. The highest BCUT2D eigenvalue weighted by Gasteiger charge is 2.38. The van der Waals surface area contributed by atoms with Crippen molar-refractivity contribution >= 4 is 36.7 Å². The van der Waals surface area contributed by atoms with Crippen molar-refractivity contribution in [1.29, 1.82) is 0 Å². The normalized spacial score (nSPS) is 25.5. The van der Waals surface area contributed by atoms with Gasteiger partial charge in [-0.25, -0.2) is 9.48 Å². The molecule has 4 unspecified atom stereocenters. The fourth-order valence-electron chi connectivity index (χ4n) is 3.00. The summed E-state index contributed by atoms with van der Waals surface area (Å²) in [5.41, 5.74) is -1.29. The quantitative estimate of drug-likeness (QED) is 0.359. The van der Waals surface area contributed by atoms with E-state index in [2.05, 4.69) is 5.09 Å². The van der Waals surface area contributed by atoms with Gasteiger partial charge >= 0.3 is 13.5 Å². The maximum atomic E-state index is 14.0. The third-order valence-electron chi connectivity index (χ3n) is 4.38. The monoisotopic (exact) mass is 439 g/mol. The van der Waals surface area contributed by atoms with Crippen LogP contribution < -0.4 is 9.61 Å². The zero-order chi connectivity index (χ0) is 20.2. The lowest BCUT2D eigenvalue weighted by atomic mass is 9.87. The van der Waals surface area contributed by atoms with Gasteiger partial charge in [0.15, 0.2) is 0 Å². The average Bonchev–Trinajstić information content (AvgIpc) is 2.55. The van der Waals surface area contributed by atoms with Crippen LogP contribution in [0.3, 0.4) is 0 Å². The molecule has 0 saturated heterocycles. The molecule has 2 rings (SSSR count). The van der Waals surface area contributed by atoms with E-state index in [-0.39, 0.29) is 12.0 Å². The molecule has 0 aliphatic heterocycles. The van der Waals surface area contributed by atoms with Crippen LogP contribution in [0.1, 0.15) is 33.1 Å². The third-order valence-corrected chi connectivity index (χ3v) is 6.70. The Morgan fingerprint density at radius 3 is 2.56 bits per heavy atom. The van der Waals surface area contributed by atoms with Crippen molar-refractivity contribution in [2.24, 2.45) is 5.92 Å². The summed E-state index contributed by atoms with van der Waals surface area (Å²) < 4.78 is 37.5. The van der Waals surface area contributed by atoms with Crippen LogP contribution in [0.15, 0.2) is 24.3 Å². The molecule has 0 heterocycles. The van der Waals surface area contributed by atoms with E-state index in [1.165, 1.54) is 20.5 Å². The lowest BCUT2D eigenvalue weighted by Gasteiger charge is -2.32. The first kappa shape index (κ1) is 22.5. The zero-order valence-electron chi connectivity index (χ0n) is 15.6. The van der Waals surface area contributed by atoms with Crippen molar-refractivity contribution in [1.82, 2.24) is 5.09 Å². The lowest BCUT2D eigenvalue weighted by Crippen LogP contribution is -2.47. The van der Waals surface area contributed by atoms with Gasteiger partial charge < -0.3 is 9.26 Å². The summed E-state index contributed by atoms with van der Waals surface area (Å²) in [5, 5.41) is 2.87. The molecule has 0 spiro atoms. The Morgan fingerprint density at radius 2 is 1.96 bits per heavy atom. The summed E-state index contributed by atoms with van der Waals surface area (Å²) in [6, 6.07) is 6.37. The molecule has 1 aliphatic rings. The van der Waals surface area contributed by atoms with Gasteiger partial charge in [0.05, 0.1) is 6.61 Å². The maximum absolute atomic E-state index is 14.0. The second kappa shape index (κ2) is 9.13. The van der Waals surface area contributed by atoms with Gasteiger partial charge in [-0.2, -0.15) is 0 Å². The van der Waals surface area contributed by atoms with Crippen molar-refractivity contribution in [3.63, 3.8) is 0 Å². The second-order valence-corrected chi connectivity index (χ2v) is 10.4. The first-order chi connectivity index (χ1) is 12.5. The van der Waals surface area contributed by atoms with E-state index in [1.54, 1.807) is 24.3 Å². The van der Waals surface area contributed by atoms with Crippen LogP contribution in [0.25, 0.3) is 0 Å². The van der Waals surface area contributed by atoms with Gasteiger partial charge in [0.25, 0.3) is 0 Å². The van der Waals surface area contributed by atoms with Crippen LogP contribution in [-0.4, -0.2) is 36.3 Å². The van der Waals surface area contributed by atoms with E-state index in [4.69, 9.17) is 32.5 Å². The van der Waals surface area contributed by atoms with E-state index in [0.29, 0.717) is 23.6 Å². The van der Waals surface area contributed by atoms with Gasteiger partial charge in [0.2, 0.25) is 0 Å². The number of nitrogens with one attached hydrogen (secondary N) is 1. The summed E-state index contributed by atoms with van der Waals surface area (Å²) in [6.07, 6.45) is 0.765. The van der Waals surface area contributed by atoms with Gasteiger partial charge in [0.1, 0.15) is 17.5 Å². The van der Waals surface area contributed by atoms with Crippen molar-refractivity contribution in [3.05, 3.63) is 29.3 Å². The molecule has 1 aromatic carbocycles. The molecule has 152 valence electrons. The molecular formula is C18H25Cl2FNO4P. The lowest BCUT2D eigenvalue weighted by molar-refractivity contribution is -0.152. The first-order valence-electron chi connectivity index (χ1n) is 8.78. The Balaban J connectivity index is 1.94. The number of carbonyl (C=O) groups is 1. The van der Waals surface area contributed by atoms with Crippen molar-refractivity contribution < 1.29 is 23.0 Å². The molecular weight excluding hydrogens is 415 g/mol. The van der Waals surface area contributed by atoms with Gasteiger partial charge in [0, 0.05) is 23.0 Å². The highest BCUT2D eigenvalue weighted by Crippen LogP contribution is 2.41. The van der Waals surface area contributed by atoms with Gasteiger partial charge in [-0.3, -0.25) is 9.36 Å². The number of alkyl halides is 2. The standard InChI is InChI=1S/C18H25Cl2FNO4P/c1-18(2,17(23)25-11-14-15(20)5-4-6-16(14)21)22-27(3,24)26-13-9-7-12(19)8-10-13/h7-10,14-16H,4-6,11H2,1-3H3,(H,22,24). The average molecular weight is 440 g/mol. The van der Waals surface area contributed by atoms with E-state index in [0.717, 1.165) is 6.42 Å². The molecule has 9 heteroatoms. The van der Waals surface area contributed by atoms with Crippen molar-refractivity contribution in [2.45, 2.75) is 50.2 Å². The van der Waals surface area contributed by atoms with Crippen LogP contribution in [0.2, 0.25) is 5.02 Å². The van der Waals surface area contributed by atoms with E-state index < -0.39 is 31.1 Å². The minimum atomic E-state index is -3.38. The van der Waals surface area contributed by atoms with E-state index in [9.17, 15) is 13.8 Å². The molecule has 0 aromatic heterocycles. The molecule has 0 radical (unpaired) electrons. The van der Waals surface area contributed by atoms with Crippen molar-refractivity contribution in [2.75, 3.05) is 13.3 Å². The molecule has 4 atom stereocenters. The highest BCUT2D eigenvalue weighted by atomic mass is 35.5. The minimum absolute atomic E-state index is 0.106. The zero-order valence-corrected chi connectivity index (χ0v) is 18.0. The topological polar surface area (TPSA) is 64.6 Å². The number of hydrogen-bond donors (Lipinski definition) is 1. The highest BCUT2D eigenvalue weighted by molar-refractivity contribution is 7.56. The molecule has 5 nitrogen and oxygen atoms in total. The van der Waals surface area contributed by atoms with Crippen LogP contribution in [0.4, 0.5) is 4.39 Å². The second-order valence-electron chi connectivity index (χ2n) is 7.35. The molecule has 1 aromatic rings. The predicted molar refractivity (Wildman–Crippen MR) is 106 cm³/mol. The number of ether oxygens (including phenoxy) is 1. The molecule has 27 heavy (non-hydrogen) atoms. The fraction of sp³-hybridized carbons (Fsp3) is 0.611. The van der Waals surface area contributed by atoms with Crippen molar-refractivity contribution in [3.8, 4) is 5.75 Å². The van der Waals surface area contributed by atoms with Gasteiger partial charge in [-0.1, -0.05) is 11.6 Å². The molecule has 0 amide bonds. The molecule has 1 aliphatic carbocycles. The van der Waals surface area contributed by atoms with E-state index >= 15 is 0 Å². The minimum Gasteiger partial charge on any atom is -0.464 e. The third kappa shape index (κ3) is 6.63. The Labute approximate surface area is 169 Å². The SMILES string of the molecule is CC(C)(NP(C)(=O)Oc1ccc(Cl)cc1)C(=O)OCC1C(F)CCCC1Cl. The number of hydrogen-bond acceptors (Lipinski definition) is 4. The van der Waals surface area contributed by atoms with Gasteiger partial charge in [-0.15, -0.1) is 11.6 Å². The number of halogens is 3. The maximum Gasteiger partial charge on any atom is 0.326 e. The summed E-state index contributed by atoms with van der Waals surface area (Å²) in [5.74, 6) is -0.820. The Bertz CT molecular complexity index is 691. The largest absolute Gasteiger partial charge is 0.464 e. The number of carbonyl (C=O) groups excluding carboxylic acids is 1. The molecule has 1 fully saturated rings. The number of rotatable bonds is 7. The number of benzene rings is 1. The summed E-state index contributed by atoms with van der Waals surface area (Å²) >= 11 is 12.0. The summed E-state index contributed by atoms with van der Waals surface area (Å²) in [4.78, 5) is 12.5.